The van der Waals surface area contributed by atoms with Crippen molar-refractivity contribution >= 4 is 84.5 Å². The number of halogens is 3. The molecule has 0 fully saturated rings. The fourth-order valence-electron chi connectivity index (χ4n) is 3.59. The number of ether oxygens (including phenoxy) is 1. The molecule has 4 rings (SSSR count). The predicted octanol–water partition coefficient (Wildman–Crippen LogP) is 4.48. The highest BCUT2D eigenvalue weighted by atomic mass is 127. The number of rotatable bonds is 4. The van der Waals surface area contributed by atoms with Crippen LogP contribution in [0.25, 0.3) is 6.08 Å². The van der Waals surface area contributed by atoms with E-state index in [1.807, 2.05) is 36.4 Å². The summed E-state index contributed by atoms with van der Waals surface area (Å²) in [6.45, 7) is 3.72. The maximum absolute atomic E-state index is 13.6. The molecule has 33 heavy (non-hydrogen) atoms. The fraction of sp³-hybridized carbons (Fsp3) is 0.174. The maximum atomic E-state index is 13.6. The number of thiazole rings is 1. The molecule has 0 aliphatic carbocycles. The van der Waals surface area contributed by atoms with E-state index in [1.54, 1.807) is 19.9 Å². The lowest BCUT2D eigenvalue weighted by molar-refractivity contribution is -0.139. The smallest absolute Gasteiger partial charge is 0.338 e. The van der Waals surface area contributed by atoms with Crippen LogP contribution in [0, 0.1) is 7.14 Å². The van der Waals surface area contributed by atoms with Gasteiger partial charge in [-0.2, -0.15) is 0 Å². The number of benzene rings is 2. The molecule has 1 aliphatic rings. The second kappa shape index (κ2) is 10.0. The molecule has 1 aliphatic heterocycles. The molecule has 0 saturated heterocycles. The van der Waals surface area contributed by atoms with Gasteiger partial charge in [0.05, 0.1) is 32.0 Å². The van der Waals surface area contributed by atoms with Crippen molar-refractivity contribution in [3.63, 3.8) is 0 Å². The van der Waals surface area contributed by atoms with Crippen LogP contribution in [0.1, 0.15) is 31.0 Å². The van der Waals surface area contributed by atoms with Gasteiger partial charge in [-0.25, -0.2) is 9.79 Å². The summed E-state index contributed by atoms with van der Waals surface area (Å²) in [5.74, 6) is -0.375. The number of allylic oxidation sites excluding steroid dienone is 1. The molecule has 0 saturated carbocycles. The van der Waals surface area contributed by atoms with Crippen LogP contribution in [0.2, 0.25) is 0 Å². The Kier molecular flexibility index (Phi) is 7.46. The Morgan fingerprint density at radius 1 is 1.30 bits per heavy atom. The molecule has 0 radical (unpaired) electrons. The summed E-state index contributed by atoms with van der Waals surface area (Å²) >= 11 is 8.90. The molecule has 6 nitrogen and oxygen atoms in total. The lowest BCUT2D eigenvalue weighted by Crippen LogP contribution is -2.39. The first-order valence-electron chi connectivity index (χ1n) is 9.84. The van der Waals surface area contributed by atoms with E-state index in [2.05, 4.69) is 66.1 Å². The molecule has 0 amide bonds. The SMILES string of the molecule is CCOC(=O)C1=C(C)N=c2s/c(=C\c3cc(I)cc(I)c3O)c(=O)n2[C@H]1c1ccc(Br)cc1. The molecule has 0 spiro atoms. The number of carbonyl (C=O) groups excluding carboxylic acids is 1. The topological polar surface area (TPSA) is 80.9 Å². The van der Waals surface area contributed by atoms with Crippen molar-refractivity contribution < 1.29 is 14.6 Å². The molecule has 0 unspecified atom stereocenters. The average molecular weight is 751 g/mol. The third-order valence-electron chi connectivity index (χ3n) is 5.05. The molecule has 1 atom stereocenters. The number of phenolic OH excluding ortho intramolecular Hbond substituents is 1. The second-order valence-electron chi connectivity index (χ2n) is 7.18. The molecule has 2 heterocycles. The van der Waals surface area contributed by atoms with Crippen LogP contribution >= 0.6 is 72.4 Å². The van der Waals surface area contributed by atoms with Gasteiger partial charge in [0.2, 0.25) is 0 Å². The van der Waals surface area contributed by atoms with Gasteiger partial charge in [-0.1, -0.05) is 39.4 Å². The number of phenols is 1. The van der Waals surface area contributed by atoms with Crippen molar-refractivity contribution in [3.05, 3.63) is 90.1 Å². The van der Waals surface area contributed by atoms with Crippen LogP contribution in [-0.4, -0.2) is 22.2 Å². The van der Waals surface area contributed by atoms with E-state index in [1.165, 1.54) is 15.9 Å². The van der Waals surface area contributed by atoms with Crippen molar-refractivity contribution in [2.45, 2.75) is 19.9 Å². The maximum Gasteiger partial charge on any atom is 0.338 e. The summed E-state index contributed by atoms with van der Waals surface area (Å²) in [5, 5.41) is 10.5. The van der Waals surface area contributed by atoms with Crippen LogP contribution in [-0.2, 0) is 9.53 Å². The van der Waals surface area contributed by atoms with Crippen molar-refractivity contribution in [2.75, 3.05) is 6.61 Å². The molecule has 10 heteroatoms. The lowest BCUT2D eigenvalue weighted by Gasteiger charge is -2.24. The first-order chi connectivity index (χ1) is 15.7. The number of carbonyl (C=O) groups is 1. The van der Waals surface area contributed by atoms with Crippen LogP contribution < -0.4 is 14.9 Å². The van der Waals surface area contributed by atoms with Gasteiger partial charge in [0.15, 0.2) is 4.80 Å². The van der Waals surface area contributed by atoms with E-state index in [-0.39, 0.29) is 17.9 Å². The number of aromatic nitrogens is 1. The zero-order valence-electron chi connectivity index (χ0n) is 17.4. The van der Waals surface area contributed by atoms with E-state index < -0.39 is 12.0 Å². The Balaban J connectivity index is 1.98. The minimum atomic E-state index is -0.666. The Bertz CT molecular complexity index is 1480. The molecular weight excluding hydrogens is 734 g/mol. The molecule has 2 aromatic carbocycles. The Hall–Kier alpha value is -1.51. The molecule has 1 aromatic heterocycles. The van der Waals surface area contributed by atoms with Crippen molar-refractivity contribution in [3.8, 4) is 5.75 Å². The number of nitrogens with zero attached hydrogens (tertiary/aromatic N) is 2. The first kappa shape index (κ1) is 24.6. The highest BCUT2D eigenvalue weighted by Gasteiger charge is 2.33. The molecule has 3 aromatic rings. The Labute approximate surface area is 229 Å². The Morgan fingerprint density at radius 3 is 2.67 bits per heavy atom. The van der Waals surface area contributed by atoms with Gasteiger partial charge in [0.1, 0.15) is 5.75 Å². The highest BCUT2D eigenvalue weighted by Crippen LogP contribution is 2.31. The van der Waals surface area contributed by atoms with E-state index >= 15 is 0 Å². The summed E-state index contributed by atoms with van der Waals surface area (Å²) < 4.78 is 9.80. The Morgan fingerprint density at radius 2 is 2.00 bits per heavy atom. The van der Waals surface area contributed by atoms with Crippen molar-refractivity contribution in [1.29, 1.82) is 0 Å². The van der Waals surface area contributed by atoms with Crippen molar-refractivity contribution in [2.24, 2.45) is 4.99 Å². The molecule has 1 N–H and O–H groups in total. The van der Waals surface area contributed by atoms with E-state index in [0.29, 0.717) is 29.7 Å². The standard InChI is InChI=1S/C23H17BrI2N2O4S/c1-3-32-22(31)18-11(2)27-23-28(19(18)12-4-6-14(24)7-5-12)21(30)17(33-23)9-13-8-15(25)10-16(26)20(13)29/h4-10,19,29H,3H2,1-2H3/b17-9-/t19-/m0/s1. The van der Waals surface area contributed by atoms with Gasteiger partial charge in [-0.3, -0.25) is 9.36 Å². The van der Waals surface area contributed by atoms with Crippen molar-refractivity contribution in [1.82, 2.24) is 4.57 Å². The molecule has 170 valence electrons. The summed E-state index contributed by atoms with van der Waals surface area (Å²) in [4.78, 5) is 31.5. The zero-order valence-corrected chi connectivity index (χ0v) is 24.2. The van der Waals surface area contributed by atoms with Crippen LogP contribution in [0.4, 0.5) is 0 Å². The zero-order chi connectivity index (χ0) is 23.9. The average Bonchev–Trinajstić information content (AvgIpc) is 3.06. The minimum Gasteiger partial charge on any atom is -0.506 e. The minimum absolute atomic E-state index is 0.120. The van der Waals surface area contributed by atoms with E-state index in [4.69, 9.17) is 4.74 Å². The summed E-state index contributed by atoms with van der Waals surface area (Å²) in [5.41, 5.74) is 1.90. The van der Waals surface area contributed by atoms with Gasteiger partial charge in [0, 0.05) is 13.6 Å². The van der Waals surface area contributed by atoms with Crippen LogP contribution in [0.3, 0.4) is 0 Å². The molecular formula is C23H17BrI2N2O4S. The predicted molar refractivity (Wildman–Crippen MR) is 148 cm³/mol. The summed E-state index contributed by atoms with van der Waals surface area (Å²) in [6, 6.07) is 10.5. The monoisotopic (exact) mass is 750 g/mol. The number of esters is 1. The number of hydrogen-bond donors (Lipinski definition) is 1. The normalized spacial score (nSPS) is 15.9. The number of fused-ring (bicyclic) bond motifs is 1. The van der Waals surface area contributed by atoms with Crippen LogP contribution in [0.5, 0.6) is 5.75 Å². The molecule has 0 bridgehead atoms. The first-order valence-corrected chi connectivity index (χ1v) is 13.6. The summed E-state index contributed by atoms with van der Waals surface area (Å²) in [6.07, 6.45) is 1.67. The summed E-state index contributed by atoms with van der Waals surface area (Å²) in [7, 11) is 0. The van der Waals surface area contributed by atoms with Gasteiger partial charge < -0.3 is 9.84 Å². The van der Waals surface area contributed by atoms with E-state index in [9.17, 15) is 14.7 Å². The number of hydrogen-bond acceptors (Lipinski definition) is 6. The lowest BCUT2D eigenvalue weighted by atomic mass is 9.96. The number of aromatic hydroxyl groups is 1. The van der Waals surface area contributed by atoms with Gasteiger partial charge in [0.25, 0.3) is 5.56 Å². The van der Waals surface area contributed by atoms with Crippen LogP contribution in [0.15, 0.2) is 61.9 Å². The van der Waals surface area contributed by atoms with Gasteiger partial charge in [-0.05, 0) is 94.9 Å². The second-order valence-corrected chi connectivity index (χ2v) is 11.5. The quantitative estimate of drug-likeness (QED) is 0.316. The van der Waals surface area contributed by atoms with Gasteiger partial charge >= 0.3 is 5.97 Å². The third kappa shape index (κ3) is 4.84. The highest BCUT2D eigenvalue weighted by molar-refractivity contribution is 14.1. The van der Waals surface area contributed by atoms with E-state index in [0.717, 1.165) is 13.6 Å². The van der Waals surface area contributed by atoms with Gasteiger partial charge in [-0.15, -0.1) is 0 Å². The fourth-order valence-corrected chi connectivity index (χ4v) is 6.78. The third-order valence-corrected chi connectivity index (χ3v) is 8.00. The largest absolute Gasteiger partial charge is 0.506 e.